The zero-order chi connectivity index (χ0) is 20.8. The molecule has 1 aliphatic heterocycles. The zero-order valence-corrected chi connectivity index (χ0v) is 17.1. The molecule has 2 aromatic heterocycles. The highest BCUT2D eigenvalue weighted by Gasteiger charge is 2.35. The molecular formula is C22H16Cl2N4O2. The van der Waals surface area contributed by atoms with Crippen LogP contribution < -0.4 is 5.43 Å². The van der Waals surface area contributed by atoms with Crippen LogP contribution in [-0.2, 0) is 6.54 Å². The van der Waals surface area contributed by atoms with Crippen LogP contribution in [0.5, 0.6) is 5.75 Å². The summed E-state index contributed by atoms with van der Waals surface area (Å²) in [6.07, 6.45) is 4.63. The van der Waals surface area contributed by atoms with E-state index in [1.807, 2.05) is 59.3 Å². The molecule has 0 bridgehead atoms. The number of rotatable bonds is 3. The maximum atomic E-state index is 12.1. The van der Waals surface area contributed by atoms with Gasteiger partial charge in [-0.2, -0.15) is 5.10 Å². The van der Waals surface area contributed by atoms with Crippen molar-refractivity contribution in [1.29, 1.82) is 0 Å². The van der Waals surface area contributed by atoms with Gasteiger partial charge in [0.2, 0.25) is 5.43 Å². The first-order valence-electron chi connectivity index (χ1n) is 9.36. The fraction of sp³-hybridized carbons (Fsp3) is 0.136. The van der Waals surface area contributed by atoms with Crippen molar-refractivity contribution < 1.29 is 5.11 Å². The van der Waals surface area contributed by atoms with E-state index in [9.17, 15) is 9.90 Å². The minimum Gasteiger partial charge on any atom is -0.503 e. The Morgan fingerprint density at radius 3 is 2.20 bits per heavy atom. The molecule has 5 rings (SSSR count). The Kier molecular flexibility index (Phi) is 4.60. The lowest BCUT2D eigenvalue weighted by atomic mass is 9.84. The number of nitrogens with zero attached hydrogens (tertiary/aromatic N) is 4. The largest absolute Gasteiger partial charge is 0.503 e. The summed E-state index contributed by atoms with van der Waals surface area (Å²) in [7, 11) is 0. The maximum Gasteiger partial charge on any atom is 0.242 e. The molecule has 30 heavy (non-hydrogen) atoms. The molecule has 6 nitrogen and oxygen atoms in total. The van der Waals surface area contributed by atoms with Crippen molar-refractivity contribution in [3.63, 3.8) is 0 Å². The predicted octanol–water partition coefficient (Wildman–Crippen LogP) is 4.51. The van der Waals surface area contributed by atoms with Gasteiger partial charge < -0.3 is 9.67 Å². The van der Waals surface area contributed by atoms with Crippen LogP contribution >= 0.6 is 23.2 Å². The lowest BCUT2D eigenvalue weighted by molar-refractivity contribution is 0.331. The third kappa shape index (κ3) is 3.09. The summed E-state index contributed by atoms with van der Waals surface area (Å²) in [5.74, 6) is 0.0243. The quantitative estimate of drug-likeness (QED) is 0.510. The van der Waals surface area contributed by atoms with Gasteiger partial charge in [0.05, 0.1) is 12.2 Å². The van der Waals surface area contributed by atoms with Crippen molar-refractivity contribution in [2.24, 2.45) is 0 Å². The molecule has 3 heterocycles. The first-order valence-corrected chi connectivity index (χ1v) is 10.1. The summed E-state index contributed by atoms with van der Waals surface area (Å²) in [4.78, 5) is 16.5. The monoisotopic (exact) mass is 438 g/mol. The van der Waals surface area contributed by atoms with Gasteiger partial charge in [-0.3, -0.25) is 9.48 Å². The molecule has 0 amide bonds. The van der Waals surface area contributed by atoms with Gasteiger partial charge in [-0.05, 0) is 35.4 Å². The van der Waals surface area contributed by atoms with Crippen molar-refractivity contribution >= 4 is 23.2 Å². The van der Waals surface area contributed by atoms with Gasteiger partial charge in [-0.1, -0.05) is 47.5 Å². The Morgan fingerprint density at radius 2 is 1.60 bits per heavy atom. The van der Waals surface area contributed by atoms with E-state index in [0.717, 1.165) is 17.3 Å². The fourth-order valence-corrected chi connectivity index (χ4v) is 4.35. The standard InChI is InChI=1S/C22H16Cl2N4O2/c23-15-5-1-13(2-6-15)19(14-3-7-16(24)8-4-14)17-12-27-10-9-25-22(27)20-21(30)18(29)11-26-28(17)20/h1-11,17,19,30H,12H2. The van der Waals surface area contributed by atoms with E-state index in [4.69, 9.17) is 23.2 Å². The van der Waals surface area contributed by atoms with E-state index >= 15 is 0 Å². The lowest BCUT2D eigenvalue weighted by Gasteiger charge is -2.34. The molecule has 0 fully saturated rings. The molecule has 2 aromatic carbocycles. The van der Waals surface area contributed by atoms with Gasteiger partial charge in [0, 0.05) is 34.9 Å². The molecular weight excluding hydrogens is 423 g/mol. The fourth-order valence-electron chi connectivity index (χ4n) is 4.09. The molecule has 0 spiro atoms. The van der Waals surface area contributed by atoms with Gasteiger partial charge >= 0.3 is 0 Å². The summed E-state index contributed by atoms with van der Waals surface area (Å²) in [5, 5.41) is 16.2. The molecule has 0 saturated heterocycles. The second kappa shape index (κ2) is 7.31. The van der Waals surface area contributed by atoms with Gasteiger partial charge in [-0.15, -0.1) is 0 Å². The van der Waals surface area contributed by atoms with Crippen LogP contribution in [-0.4, -0.2) is 24.4 Å². The molecule has 0 aliphatic carbocycles. The van der Waals surface area contributed by atoms with E-state index < -0.39 is 5.43 Å². The number of aromatic hydroxyl groups is 1. The molecule has 1 aliphatic rings. The highest BCUT2D eigenvalue weighted by atomic mass is 35.5. The summed E-state index contributed by atoms with van der Waals surface area (Å²) >= 11 is 12.3. The molecule has 8 heteroatoms. The third-order valence-corrected chi connectivity index (χ3v) is 5.96. The summed E-state index contributed by atoms with van der Waals surface area (Å²) in [6, 6.07) is 15.1. The van der Waals surface area contributed by atoms with Crippen LogP contribution in [0.15, 0.2) is 71.9 Å². The minimum atomic E-state index is -0.536. The number of benzene rings is 2. The van der Waals surface area contributed by atoms with Crippen molar-refractivity contribution in [3.05, 3.63) is 98.5 Å². The number of hydrogen-bond acceptors (Lipinski definition) is 4. The Bertz CT molecular complexity index is 1230. The summed E-state index contributed by atoms with van der Waals surface area (Å²) in [5.41, 5.74) is 1.84. The van der Waals surface area contributed by atoms with Gasteiger partial charge in [0.15, 0.2) is 11.6 Å². The Labute approximate surface area is 182 Å². The Morgan fingerprint density at radius 1 is 1.00 bits per heavy atom. The highest BCUT2D eigenvalue weighted by molar-refractivity contribution is 6.30. The van der Waals surface area contributed by atoms with E-state index in [-0.39, 0.29) is 17.7 Å². The third-order valence-electron chi connectivity index (χ3n) is 5.45. The normalized spacial score (nSPS) is 15.1. The number of fused-ring (bicyclic) bond motifs is 3. The van der Waals surface area contributed by atoms with E-state index in [1.54, 1.807) is 10.9 Å². The maximum absolute atomic E-state index is 12.1. The first kappa shape index (κ1) is 18.9. The van der Waals surface area contributed by atoms with Crippen molar-refractivity contribution in [2.45, 2.75) is 18.5 Å². The van der Waals surface area contributed by atoms with Gasteiger partial charge in [0.1, 0.15) is 5.69 Å². The van der Waals surface area contributed by atoms with Gasteiger partial charge in [-0.25, -0.2) is 4.98 Å². The lowest BCUT2D eigenvalue weighted by Crippen LogP contribution is -2.32. The number of halogens is 2. The predicted molar refractivity (Wildman–Crippen MR) is 115 cm³/mol. The minimum absolute atomic E-state index is 0.136. The highest BCUT2D eigenvalue weighted by Crippen LogP contribution is 2.42. The molecule has 4 aromatic rings. The molecule has 0 radical (unpaired) electrons. The summed E-state index contributed by atoms with van der Waals surface area (Å²) in [6.45, 7) is 0.563. The van der Waals surface area contributed by atoms with Crippen LogP contribution in [0.3, 0.4) is 0 Å². The SMILES string of the molecule is O=c1cnn2c(c1O)-c1nccn1CC2C(c1ccc(Cl)cc1)c1ccc(Cl)cc1. The van der Waals surface area contributed by atoms with Crippen LogP contribution in [0.4, 0.5) is 0 Å². The van der Waals surface area contributed by atoms with Crippen molar-refractivity contribution in [2.75, 3.05) is 0 Å². The second-order valence-electron chi connectivity index (χ2n) is 7.20. The zero-order valence-electron chi connectivity index (χ0n) is 15.6. The molecule has 150 valence electrons. The van der Waals surface area contributed by atoms with Crippen LogP contribution in [0, 0.1) is 0 Å². The average Bonchev–Trinajstić information content (AvgIpc) is 3.22. The van der Waals surface area contributed by atoms with E-state index in [0.29, 0.717) is 28.1 Å². The molecule has 1 N–H and O–H groups in total. The van der Waals surface area contributed by atoms with Crippen LogP contribution in [0.2, 0.25) is 10.0 Å². The first-order chi connectivity index (χ1) is 14.5. The topological polar surface area (TPSA) is 72.9 Å². The number of hydrogen-bond donors (Lipinski definition) is 1. The molecule has 0 saturated carbocycles. The van der Waals surface area contributed by atoms with Gasteiger partial charge in [0.25, 0.3) is 0 Å². The van der Waals surface area contributed by atoms with Crippen molar-refractivity contribution in [1.82, 2.24) is 19.3 Å². The molecule has 1 atom stereocenters. The van der Waals surface area contributed by atoms with E-state index in [2.05, 4.69) is 10.1 Å². The summed E-state index contributed by atoms with van der Waals surface area (Å²) < 4.78 is 3.63. The number of imidazole rings is 1. The Balaban J connectivity index is 1.74. The second-order valence-corrected chi connectivity index (χ2v) is 8.07. The van der Waals surface area contributed by atoms with E-state index in [1.165, 1.54) is 0 Å². The molecule has 1 unspecified atom stereocenters. The number of aromatic nitrogens is 4. The van der Waals surface area contributed by atoms with Crippen molar-refractivity contribution in [3.8, 4) is 17.3 Å². The van der Waals surface area contributed by atoms with Crippen LogP contribution in [0.25, 0.3) is 11.5 Å². The smallest absolute Gasteiger partial charge is 0.242 e. The average molecular weight is 439 g/mol. The van der Waals surface area contributed by atoms with Crippen LogP contribution in [0.1, 0.15) is 23.1 Å². The Hall–Kier alpha value is -3.09.